The van der Waals surface area contributed by atoms with Gasteiger partial charge in [-0.05, 0) is 34.6 Å². The molecule has 0 aromatic rings. The Bertz CT molecular complexity index is 386. The molecule has 0 aliphatic heterocycles. The van der Waals surface area contributed by atoms with Gasteiger partial charge >= 0.3 is 12.0 Å². The minimum atomic E-state index is -1.08. The van der Waals surface area contributed by atoms with Crippen LogP contribution in [-0.2, 0) is 9.59 Å². The average molecular weight is 301 g/mol. The first-order valence-corrected chi connectivity index (χ1v) is 7.06. The Labute approximate surface area is 126 Å². The number of hydrogen-bond donors (Lipinski definition) is 1. The number of amides is 3. The van der Waals surface area contributed by atoms with Crippen molar-refractivity contribution in [3.05, 3.63) is 0 Å². The summed E-state index contributed by atoms with van der Waals surface area (Å²) < 4.78 is 0. The number of rotatable bonds is 6. The Kier molecular flexibility index (Phi) is 7.18. The second-order valence-corrected chi connectivity index (χ2v) is 5.86. The van der Waals surface area contributed by atoms with E-state index in [1.54, 1.807) is 25.7 Å². The maximum absolute atomic E-state index is 12.4. The van der Waals surface area contributed by atoms with Crippen molar-refractivity contribution in [1.29, 1.82) is 0 Å². The molecule has 0 fully saturated rings. The molecule has 0 aromatic carbocycles. The second-order valence-electron chi connectivity index (χ2n) is 5.86. The van der Waals surface area contributed by atoms with Crippen molar-refractivity contribution in [3.63, 3.8) is 0 Å². The molecular formula is C14H27N3O4. The van der Waals surface area contributed by atoms with Gasteiger partial charge in [0.15, 0.2) is 0 Å². The van der Waals surface area contributed by atoms with E-state index < -0.39 is 24.1 Å². The lowest BCUT2D eigenvalue weighted by atomic mass is 10.1. The largest absolute Gasteiger partial charge is 0.480 e. The van der Waals surface area contributed by atoms with Gasteiger partial charge in [-0.1, -0.05) is 0 Å². The van der Waals surface area contributed by atoms with E-state index in [1.165, 1.54) is 16.8 Å². The van der Waals surface area contributed by atoms with Crippen molar-refractivity contribution in [1.82, 2.24) is 14.7 Å². The predicted molar refractivity (Wildman–Crippen MR) is 80.0 cm³/mol. The van der Waals surface area contributed by atoms with Gasteiger partial charge in [0.25, 0.3) is 0 Å². The van der Waals surface area contributed by atoms with E-state index in [2.05, 4.69) is 0 Å². The van der Waals surface area contributed by atoms with Crippen LogP contribution in [-0.4, -0.2) is 76.5 Å². The number of aliphatic carboxylic acids is 1. The summed E-state index contributed by atoms with van der Waals surface area (Å²) >= 11 is 0. The highest BCUT2D eigenvalue weighted by atomic mass is 16.4. The zero-order valence-corrected chi connectivity index (χ0v) is 13.8. The first kappa shape index (κ1) is 19.2. The highest BCUT2D eigenvalue weighted by molar-refractivity contribution is 5.86. The van der Waals surface area contributed by atoms with Crippen LogP contribution in [0.2, 0.25) is 0 Å². The van der Waals surface area contributed by atoms with Crippen molar-refractivity contribution in [3.8, 4) is 0 Å². The third-order valence-electron chi connectivity index (χ3n) is 3.15. The van der Waals surface area contributed by atoms with Gasteiger partial charge in [0.1, 0.15) is 13.1 Å². The molecule has 0 rings (SSSR count). The fourth-order valence-corrected chi connectivity index (χ4v) is 1.88. The molecular weight excluding hydrogens is 274 g/mol. The van der Waals surface area contributed by atoms with Crippen molar-refractivity contribution in [2.75, 3.05) is 33.2 Å². The van der Waals surface area contributed by atoms with Crippen molar-refractivity contribution >= 4 is 17.9 Å². The maximum atomic E-state index is 12.4. The topological polar surface area (TPSA) is 81.2 Å². The lowest BCUT2D eigenvalue weighted by Gasteiger charge is -2.37. The van der Waals surface area contributed by atoms with Gasteiger partial charge in [0.05, 0.1) is 0 Å². The van der Waals surface area contributed by atoms with Gasteiger partial charge in [-0.2, -0.15) is 0 Å². The Morgan fingerprint density at radius 2 is 1.48 bits per heavy atom. The Balaban J connectivity index is 4.94. The van der Waals surface area contributed by atoms with Crippen molar-refractivity contribution < 1.29 is 19.5 Å². The molecule has 0 saturated heterocycles. The lowest BCUT2D eigenvalue weighted by Crippen LogP contribution is -2.54. The van der Waals surface area contributed by atoms with E-state index in [0.29, 0.717) is 13.1 Å². The van der Waals surface area contributed by atoms with E-state index in [1.807, 2.05) is 13.8 Å². The number of carbonyl (C=O) groups excluding carboxylic acids is 2. The van der Waals surface area contributed by atoms with Crippen LogP contribution < -0.4 is 0 Å². The minimum absolute atomic E-state index is 0.0628. The Hall–Kier alpha value is -1.79. The SMILES string of the molecule is CCN(CC)C(=O)CN(C)C(=O)N(CC(=O)O)C(C)(C)C. The Morgan fingerprint density at radius 3 is 1.81 bits per heavy atom. The number of carboxylic acid groups (broad SMARTS) is 1. The van der Waals surface area contributed by atoms with Crippen LogP contribution in [0.4, 0.5) is 4.79 Å². The number of hydrogen-bond acceptors (Lipinski definition) is 3. The molecule has 0 radical (unpaired) electrons. The summed E-state index contributed by atoms with van der Waals surface area (Å²) in [4.78, 5) is 39.4. The number of carbonyl (C=O) groups is 3. The molecule has 1 N–H and O–H groups in total. The molecule has 0 aromatic heterocycles. The number of likely N-dealkylation sites (N-methyl/N-ethyl adjacent to an activating group) is 2. The van der Waals surface area contributed by atoms with E-state index in [9.17, 15) is 14.4 Å². The molecule has 7 heteroatoms. The first-order chi connectivity index (χ1) is 9.54. The molecule has 0 aliphatic carbocycles. The molecule has 0 unspecified atom stereocenters. The third kappa shape index (κ3) is 6.01. The molecule has 3 amide bonds. The van der Waals surface area contributed by atoms with E-state index in [4.69, 9.17) is 5.11 Å². The third-order valence-corrected chi connectivity index (χ3v) is 3.15. The molecule has 0 saturated carbocycles. The molecule has 21 heavy (non-hydrogen) atoms. The molecule has 0 heterocycles. The minimum Gasteiger partial charge on any atom is -0.480 e. The summed E-state index contributed by atoms with van der Waals surface area (Å²) in [7, 11) is 1.50. The fraction of sp³-hybridized carbons (Fsp3) is 0.786. The van der Waals surface area contributed by atoms with Crippen LogP contribution in [0.5, 0.6) is 0 Å². The summed E-state index contributed by atoms with van der Waals surface area (Å²) in [5.74, 6) is -1.23. The quantitative estimate of drug-likeness (QED) is 0.796. The van der Waals surface area contributed by atoms with Crippen LogP contribution in [0.3, 0.4) is 0 Å². The summed E-state index contributed by atoms with van der Waals surface area (Å²) in [5.41, 5.74) is -0.637. The molecule has 0 spiro atoms. The smallest absolute Gasteiger partial charge is 0.323 e. The van der Waals surface area contributed by atoms with Crippen molar-refractivity contribution in [2.45, 2.75) is 40.2 Å². The van der Waals surface area contributed by atoms with E-state index in [0.717, 1.165) is 0 Å². The summed E-state index contributed by atoms with van der Waals surface area (Å²) in [5, 5.41) is 8.94. The van der Waals surface area contributed by atoms with Gasteiger partial charge in [-0.25, -0.2) is 4.79 Å². The van der Waals surface area contributed by atoms with Crippen LogP contribution in [0, 0.1) is 0 Å². The maximum Gasteiger partial charge on any atom is 0.323 e. The van der Waals surface area contributed by atoms with Gasteiger partial charge in [0.2, 0.25) is 5.91 Å². The molecule has 0 atom stereocenters. The summed E-state index contributed by atoms with van der Waals surface area (Å²) in [6, 6.07) is -0.467. The van der Waals surface area contributed by atoms with Crippen LogP contribution in [0.1, 0.15) is 34.6 Å². The predicted octanol–water partition coefficient (Wildman–Crippen LogP) is 1.09. The average Bonchev–Trinajstić information content (AvgIpc) is 2.34. The highest BCUT2D eigenvalue weighted by Crippen LogP contribution is 2.15. The summed E-state index contributed by atoms with van der Waals surface area (Å²) in [6.07, 6.45) is 0. The van der Waals surface area contributed by atoms with Crippen molar-refractivity contribution in [2.24, 2.45) is 0 Å². The number of nitrogens with zero attached hydrogens (tertiary/aromatic N) is 3. The van der Waals surface area contributed by atoms with Gasteiger partial charge in [0, 0.05) is 25.7 Å². The molecule has 0 bridgehead atoms. The monoisotopic (exact) mass is 301 g/mol. The van der Waals surface area contributed by atoms with Gasteiger partial charge in [-0.15, -0.1) is 0 Å². The molecule has 122 valence electrons. The first-order valence-electron chi connectivity index (χ1n) is 7.06. The van der Waals surface area contributed by atoms with Crippen LogP contribution >= 0.6 is 0 Å². The lowest BCUT2D eigenvalue weighted by molar-refractivity contribution is -0.138. The summed E-state index contributed by atoms with van der Waals surface area (Å²) in [6.45, 7) is 9.71. The van der Waals surface area contributed by atoms with Gasteiger partial charge in [-0.3, -0.25) is 9.59 Å². The van der Waals surface area contributed by atoms with Crippen LogP contribution in [0.15, 0.2) is 0 Å². The standard InChI is InChI=1S/C14H27N3O4/c1-7-16(8-2)11(18)9-15(6)13(21)17(10-12(19)20)14(3,4)5/h7-10H2,1-6H3,(H,19,20). The number of carboxylic acids is 1. The molecule has 7 nitrogen and oxygen atoms in total. The zero-order chi connectivity index (χ0) is 16.8. The second kappa shape index (κ2) is 7.85. The van der Waals surface area contributed by atoms with E-state index in [-0.39, 0.29) is 12.5 Å². The fourth-order valence-electron chi connectivity index (χ4n) is 1.88. The highest BCUT2D eigenvalue weighted by Gasteiger charge is 2.31. The Morgan fingerprint density at radius 1 is 1.00 bits per heavy atom. The van der Waals surface area contributed by atoms with E-state index >= 15 is 0 Å². The van der Waals surface area contributed by atoms with Crippen LogP contribution in [0.25, 0.3) is 0 Å². The normalized spacial score (nSPS) is 11.0. The van der Waals surface area contributed by atoms with Gasteiger partial charge < -0.3 is 19.8 Å². The number of urea groups is 1. The zero-order valence-electron chi connectivity index (χ0n) is 13.8. The molecule has 0 aliphatic rings.